The van der Waals surface area contributed by atoms with Crippen molar-refractivity contribution in [3.05, 3.63) is 25.9 Å². The molecular weight excluding hydrogens is 310 g/mol. The quantitative estimate of drug-likeness (QED) is 0.741. The number of aromatic nitrogens is 2. The molecule has 1 heterocycles. The van der Waals surface area contributed by atoms with Gasteiger partial charge in [0.15, 0.2) is 0 Å². The van der Waals surface area contributed by atoms with E-state index in [4.69, 9.17) is 23.2 Å². The van der Waals surface area contributed by atoms with E-state index in [-0.39, 0.29) is 0 Å². The van der Waals surface area contributed by atoms with E-state index in [2.05, 4.69) is 32.8 Å². The summed E-state index contributed by atoms with van der Waals surface area (Å²) in [4.78, 5) is 0. The first-order valence-corrected chi connectivity index (χ1v) is 5.00. The van der Waals surface area contributed by atoms with E-state index in [1.807, 2.05) is 6.07 Å². The molecule has 2 rings (SSSR count). The van der Waals surface area contributed by atoms with Gasteiger partial charge in [-0.3, -0.25) is 5.10 Å². The topological polar surface area (TPSA) is 28.7 Å². The van der Waals surface area contributed by atoms with E-state index in [1.165, 1.54) is 0 Å². The molecule has 2 nitrogen and oxygen atoms in total. The third-order valence-corrected chi connectivity index (χ3v) is 2.87. The van der Waals surface area contributed by atoms with Crippen molar-refractivity contribution in [2.24, 2.45) is 0 Å². The summed E-state index contributed by atoms with van der Waals surface area (Å²) in [6.07, 6.45) is 0. The lowest BCUT2D eigenvalue weighted by atomic mass is 10.3. The maximum Gasteiger partial charge on any atom is 0.133 e. The monoisotopic (exact) mass is 312 g/mol. The molecule has 12 heavy (non-hydrogen) atoms. The second-order valence-corrected chi connectivity index (χ2v) is 4.30. The molecule has 0 unspecified atom stereocenters. The van der Waals surface area contributed by atoms with Gasteiger partial charge in [-0.25, -0.2) is 0 Å². The normalized spacial score (nSPS) is 10.9. The number of halogens is 3. The number of aromatic amines is 1. The largest absolute Gasteiger partial charge is 0.266 e. The third-order valence-electron chi connectivity index (χ3n) is 1.53. The van der Waals surface area contributed by atoms with Crippen LogP contribution in [0, 0.1) is 3.57 Å². The highest BCUT2D eigenvalue weighted by Gasteiger charge is 2.07. The van der Waals surface area contributed by atoms with Gasteiger partial charge in [0.2, 0.25) is 0 Å². The van der Waals surface area contributed by atoms with Crippen LogP contribution in [0.2, 0.25) is 10.2 Å². The first-order valence-electron chi connectivity index (χ1n) is 3.17. The number of H-pyrrole nitrogens is 1. The van der Waals surface area contributed by atoms with E-state index < -0.39 is 0 Å². The first kappa shape index (κ1) is 8.59. The minimum atomic E-state index is 0.561. The van der Waals surface area contributed by atoms with Gasteiger partial charge in [-0.15, -0.1) is 0 Å². The van der Waals surface area contributed by atoms with Crippen molar-refractivity contribution in [3.63, 3.8) is 0 Å². The Hall–Kier alpha value is -0.000000000000000111. The smallest absolute Gasteiger partial charge is 0.133 e. The molecule has 62 valence electrons. The number of hydrogen-bond donors (Lipinski definition) is 1. The Morgan fingerprint density at radius 2 is 2.08 bits per heavy atom. The molecule has 0 spiro atoms. The van der Waals surface area contributed by atoms with Crippen molar-refractivity contribution in [1.82, 2.24) is 10.2 Å². The predicted octanol–water partition coefficient (Wildman–Crippen LogP) is 3.47. The molecule has 0 atom stereocenters. The Morgan fingerprint density at radius 1 is 1.33 bits per heavy atom. The lowest BCUT2D eigenvalue weighted by Gasteiger charge is -1.94. The Morgan fingerprint density at radius 3 is 2.83 bits per heavy atom. The molecule has 0 radical (unpaired) electrons. The van der Waals surface area contributed by atoms with Crippen LogP contribution in [0.5, 0.6) is 0 Å². The van der Waals surface area contributed by atoms with Crippen molar-refractivity contribution in [3.8, 4) is 0 Å². The lowest BCUT2D eigenvalue weighted by Crippen LogP contribution is -1.74. The van der Waals surface area contributed by atoms with Crippen molar-refractivity contribution < 1.29 is 0 Å². The molecule has 0 amide bonds. The predicted molar refractivity (Wildman–Crippen MR) is 58.8 cm³/mol. The average molecular weight is 313 g/mol. The van der Waals surface area contributed by atoms with E-state index in [1.54, 1.807) is 6.07 Å². The summed E-state index contributed by atoms with van der Waals surface area (Å²) < 4.78 is 1.01. The van der Waals surface area contributed by atoms with Gasteiger partial charge in [0.05, 0.1) is 10.9 Å². The van der Waals surface area contributed by atoms with Crippen LogP contribution in [0.4, 0.5) is 0 Å². The number of fused-ring (bicyclic) bond motifs is 1. The number of benzene rings is 1. The highest BCUT2D eigenvalue weighted by atomic mass is 127. The van der Waals surface area contributed by atoms with E-state index in [9.17, 15) is 0 Å². The van der Waals surface area contributed by atoms with Crippen LogP contribution in [0.3, 0.4) is 0 Å². The Kier molecular flexibility index (Phi) is 2.18. The van der Waals surface area contributed by atoms with Gasteiger partial charge >= 0.3 is 0 Å². The van der Waals surface area contributed by atoms with E-state index in [0.717, 1.165) is 14.5 Å². The zero-order valence-electron chi connectivity index (χ0n) is 5.74. The van der Waals surface area contributed by atoms with Crippen LogP contribution in [0.1, 0.15) is 0 Å². The summed E-state index contributed by atoms with van der Waals surface area (Å²) in [7, 11) is 0. The number of nitrogens with zero attached hydrogens (tertiary/aromatic N) is 1. The molecule has 0 aliphatic rings. The van der Waals surface area contributed by atoms with Crippen LogP contribution in [0.25, 0.3) is 10.9 Å². The van der Waals surface area contributed by atoms with Gasteiger partial charge in [-0.1, -0.05) is 23.2 Å². The van der Waals surface area contributed by atoms with Gasteiger partial charge in [-0.2, -0.15) is 5.10 Å². The highest BCUT2D eigenvalue weighted by Crippen LogP contribution is 2.28. The maximum absolute atomic E-state index is 5.86. The molecule has 0 saturated carbocycles. The van der Waals surface area contributed by atoms with Crippen molar-refractivity contribution in [2.75, 3.05) is 0 Å². The third kappa shape index (κ3) is 1.30. The molecule has 0 aliphatic carbocycles. The fourth-order valence-electron chi connectivity index (χ4n) is 1.03. The maximum atomic E-state index is 5.86. The number of hydrogen-bond acceptors (Lipinski definition) is 1. The fraction of sp³-hybridized carbons (Fsp3) is 0. The van der Waals surface area contributed by atoms with Gasteiger partial charge in [-0.05, 0) is 34.7 Å². The SMILES string of the molecule is Clc1cc(I)c2c(Cl)[nH]nc2c1. The molecule has 0 fully saturated rings. The van der Waals surface area contributed by atoms with Crippen LogP contribution in [0.15, 0.2) is 12.1 Å². The Bertz CT molecular complexity index is 438. The van der Waals surface area contributed by atoms with Gasteiger partial charge < -0.3 is 0 Å². The molecule has 2 aromatic rings. The number of nitrogens with one attached hydrogen (secondary N) is 1. The summed E-state index contributed by atoms with van der Waals surface area (Å²) in [5.41, 5.74) is 0.803. The minimum Gasteiger partial charge on any atom is -0.266 e. The van der Waals surface area contributed by atoms with Crippen LogP contribution in [-0.2, 0) is 0 Å². The summed E-state index contributed by atoms with van der Waals surface area (Å²) in [5.74, 6) is 0. The van der Waals surface area contributed by atoms with Gasteiger partial charge in [0, 0.05) is 8.59 Å². The fourth-order valence-corrected chi connectivity index (χ4v) is 2.71. The van der Waals surface area contributed by atoms with Crippen molar-refractivity contribution in [2.45, 2.75) is 0 Å². The summed E-state index contributed by atoms with van der Waals surface area (Å²) in [5, 5.41) is 8.86. The molecule has 0 aliphatic heterocycles. The minimum absolute atomic E-state index is 0.561. The first-order chi connectivity index (χ1) is 5.68. The standard InChI is InChI=1S/C7H3Cl2IN2/c8-3-1-4(10)6-5(2-3)11-12-7(6)9/h1-2H,(H,11,12). The highest BCUT2D eigenvalue weighted by molar-refractivity contribution is 14.1. The van der Waals surface area contributed by atoms with Gasteiger partial charge in [0.1, 0.15) is 5.15 Å². The molecule has 1 aromatic carbocycles. The molecule has 1 aromatic heterocycles. The molecule has 0 bridgehead atoms. The summed E-state index contributed by atoms with van der Waals surface area (Å²) >= 11 is 13.9. The van der Waals surface area contributed by atoms with E-state index in [0.29, 0.717) is 10.2 Å². The van der Waals surface area contributed by atoms with Gasteiger partial charge in [0.25, 0.3) is 0 Å². The van der Waals surface area contributed by atoms with Crippen LogP contribution >= 0.6 is 45.8 Å². The second-order valence-electron chi connectivity index (χ2n) is 2.32. The molecular formula is C7H3Cl2IN2. The zero-order valence-corrected chi connectivity index (χ0v) is 9.41. The molecule has 5 heteroatoms. The van der Waals surface area contributed by atoms with Crippen molar-refractivity contribution in [1.29, 1.82) is 0 Å². The zero-order chi connectivity index (χ0) is 8.72. The number of rotatable bonds is 0. The van der Waals surface area contributed by atoms with Crippen LogP contribution < -0.4 is 0 Å². The van der Waals surface area contributed by atoms with E-state index >= 15 is 0 Å². The summed E-state index contributed by atoms with van der Waals surface area (Å²) in [6.45, 7) is 0. The lowest BCUT2D eigenvalue weighted by molar-refractivity contribution is 1.12. The second kappa shape index (κ2) is 3.05. The van der Waals surface area contributed by atoms with Crippen molar-refractivity contribution >= 4 is 56.7 Å². The van der Waals surface area contributed by atoms with Crippen LogP contribution in [-0.4, -0.2) is 10.2 Å². The Labute approximate surface area is 92.4 Å². The molecule has 0 saturated heterocycles. The average Bonchev–Trinajstić information content (AvgIpc) is 2.31. The Balaban J connectivity index is 2.93. The molecule has 1 N–H and O–H groups in total. The summed E-state index contributed by atoms with van der Waals surface area (Å²) in [6, 6.07) is 3.63.